The van der Waals surface area contributed by atoms with Crippen LogP contribution in [0.1, 0.15) is 116 Å². The zero-order chi connectivity index (χ0) is 98.8. The van der Waals surface area contributed by atoms with Crippen LogP contribution in [0.3, 0.4) is 0 Å². The van der Waals surface area contributed by atoms with Crippen LogP contribution in [0.2, 0.25) is 0 Å². The number of carbonyl (C=O) groups excluding carboxylic acids is 7. The fourth-order valence-corrected chi connectivity index (χ4v) is 14.6. The second-order valence-electron chi connectivity index (χ2n) is 31.2. The summed E-state index contributed by atoms with van der Waals surface area (Å²) in [5.74, 6) is -10.7. The lowest BCUT2D eigenvalue weighted by Gasteiger charge is -2.43. The van der Waals surface area contributed by atoms with Crippen molar-refractivity contribution in [2.24, 2.45) is 17.8 Å². The van der Waals surface area contributed by atoms with Crippen LogP contribution >= 0.6 is 34.8 Å². The molecule has 9 aromatic rings. The van der Waals surface area contributed by atoms with Crippen LogP contribution in [0.15, 0.2) is 273 Å². The van der Waals surface area contributed by atoms with Gasteiger partial charge in [-0.25, -0.2) is 43.2 Å². The summed E-state index contributed by atoms with van der Waals surface area (Å²) in [6, 6.07) is 78.3. The quantitative estimate of drug-likeness (QED) is 0.00800. The lowest BCUT2D eigenvalue weighted by atomic mass is 9.90. The Morgan fingerprint density at radius 3 is 0.788 bits per heavy atom. The summed E-state index contributed by atoms with van der Waals surface area (Å²) in [4.78, 5) is 114. The monoisotopic (exact) mass is 1940 g/mol. The third-order valence-electron chi connectivity index (χ3n) is 21.2. The fourth-order valence-electron chi connectivity index (χ4n) is 14.4. The molecule has 20 unspecified atom stereocenters. The SMILES string of the molecule is CC(=N)OC1OC(C(=O)O)C(OC(=O)c2ccccc2)C(OCc2ccccc2)C1C.CC(=N)OC1OC(C(=O)O)C(OC(=O)c2ccccc2)C(OCc2ccccc2)C1OC(=O)c1ccccc1.COC(=O)C1OC(OC(=N)C(Cl)(Cl)Cl)C(C)C(OCc2ccccc2)C1OC(=O)c1ccccc1.COC(=O)C1OC(OC(C)=N)C(OC(=O)c2ccccc2)C(OCc2ccccc2)C1C. The summed E-state index contributed by atoms with van der Waals surface area (Å²) < 4.78 is 105. The molecule has 37 heteroatoms. The van der Waals surface area contributed by atoms with Gasteiger partial charge in [0, 0.05) is 38.5 Å². The number of aliphatic carboxylic acids is 2. The van der Waals surface area contributed by atoms with Crippen molar-refractivity contribution in [1.29, 1.82) is 21.6 Å². The van der Waals surface area contributed by atoms with E-state index in [-0.39, 0.29) is 66.4 Å². The van der Waals surface area contributed by atoms with Crippen molar-refractivity contribution in [3.05, 3.63) is 323 Å². The van der Waals surface area contributed by atoms with Gasteiger partial charge in [0.1, 0.15) is 24.4 Å². The largest absolute Gasteiger partial charge is 0.479 e. The molecule has 0 saturated carbocycles. The van der Waals surface area contributed by atoms with Gasteiger partial charge in [0.25, 0.3) is 3.79 Å². The predicted molar refractivity (Wildman–Crippen MR) is 492 cm³/mol. The Bertz CT molecular complexity index is 5460. The van der Waals surface area contributed by atoms with E-state index in [1.165, 1.54) is 59.3 Å². The molecule has 0 aliphatic carbocycles. The van der Waals surface area contributed by atoms with Crippen LogP contribution in [-0.4, -0.2) is 210 Å². The number of carboxylic acids is 2. The molecule has 4 saturated heterocycles. The second-order valence-corrected chi connectivity index (χ2v) is 33.5. The lowest BCUT2D eigenvalue weighted by Crippen LogP contribution is -2.63. The van der Waals surface area contributed by atoms with E-state index in [0.717, 1.165) is 22.3 Å². The average molecular weight is 1950 g/mol. The van der Waals surface area contributed by atoms with Crippen LogP contribution in [0, 0.1) is 39.4 Å². The van der Waals surface area contributed by atoms with E-state index in [2.05, 4.69) is 0 Å². The van der Waals surface area contributed by atoms with Crippen molar-refractivity contribution in [1.82, 2.24) is 0 Å². The van der Waals surface area contributed by atoms with Crippen molar-refractivity contribution in [3.8, 4) is 0 Å². The van der Waals surface area contributed by atoms with Crippen molar-refractivity contribution < 1.29 is 143 Å². The number of nitrogens with one attached hydrogen (secondary N) is 4. The molecule has 6 N–H and O–H groups in total. The Balaban J connectivity index is 0.000000189. The van der Waals surface area contributed by atoms with Gasteiger partial charge in [0.2, 0.25) is 31.1 Å². The molecule has 0 aromatic heterocycles. The summed E-state index contributed by atoms with van der Waals surface area (Å²) in [6.07, 6.45) is -21.0. The molecule has 0 amide bonds. The number of benzene rings is 9. The summed E-state index contributed by atoms with van der Waals surface area (Å²) >= 11 is 17.3. The average Bonchev–Trinajstić information content (AvgIpc) is 0.786. The van der Waals surface area contributed by atoms with E-state index >= 15 is 0 Å². The van der Waals surface area contributed by atoms with E-state index in [9.17, 15) is 53.4 Å². The molecule has 0 spiro atoms. The van der Waals surface area contributed by atoms with Gasteiger partial charge in [0.15, 0.2) is 72.6 Å². The number of carboxylic acid groups (broad SMARTS) is 2. The number of rotatable bonds is 30. The first-order chi connectivity index (χ1) is 65.7. The van der Waals surface area contributed by atoms with E-state index in [1.54, 1.807) is 172 Å². The minimum absolute atomic E-state index is 0.0348. The third kappa shape index (κ3) is 30.8. The molecular formula is C100H103Cl3N4O30. The molecule has 20 atom stereocenters. The Kier molecular flexibility index (Phi) is 40.2. The van der Waals surface area contributed by atoms with Gasteiger partial charge < -0.3 is 100 Å². The molecule has 9 aromatic carbocycles. The summed E-state index contributed by atoms with van der Waals surface area (Å²) in [6.45, 7) is 9.85. The number of halogens is 3. The topological polar surface area (TPSA) is 465 Å². The van der Waals surface area contributed by atoms with Gasteiger partial charge in [-0.1, -0.05) is 268 Å². The molecular weight excluding hydrogens is 1840 g/mol. The van der Waals surface area contributed by atoms with E-state index < -0.39 is 186 Å². The van der Waals surface area contributed by atoms with Crippen LogP contribution in [0.5, 0.6) is 0 Å². The van der Waals surface area contributed by atoms with Crippen LogP contribution < -0.4 is 0 Å². The first-order valence-corrected chi connectivity index (χ1v) is 44.0. The van der Waals surface area contributed by atoms with Crippen LogP contribution in [0.4, 0.5) is 0 Å². The molecule has 137 heavy (non-hydrogen) atoms. The van der Waals surface area contributed by atoms with Crippen molar-refractivity contribution in [2.75, 3.05) is 14.2 Å². The van der Waals surface area contributed by atoms with Gasteiger partial charge in [0.05, 0.1) is 68.5 Å². The van der Waals surface area contributed by atoms with Gasteiger partial charge in [-0.2, -0.15) is 0 Å². The summed E-state index contributed by atoms with van der Waals surface area (Å²) in [7, 11) is 2.43. The lowest BCUT2D eigenvalue weighted by molar-refractivity contribution is -0.283. The molecule has 13 rings (SSSR count). The van der Waals surface area contributed by atoms with Crippen molar-refractivity contribution >= 4 is 112 Å². The van der Waals surface area contributed by atoms with Crippen LogP contribution in [-0.2, 0) is 136 Å². The standard InChI is InChI=1S/C29H27NO9.C24H24Cl3NO7.C24H27NO7.C23H25NO7/c1-18(30)36-29-25(38-28(34)21-15-9-4-10-16-21)22(35-17-19-11-5-2-6-12-19)23(24(39-29)26(31)32)37-27(33)20-13-7-3-8-14-20;1-14-17(32-13-15-9-5-3-6-10-15)18(33-20(29)16-11-7-4-8-12-16)19(21(30)31-2)34-22(14)35-23(28)24(25,26)27;1-15-19(29-14-17-10-6-4-7-11-17)21(31-22(26)18-12-8-5-9-13-18)24(30-16(2)25)32-20(15)23(27)28-3;1-14-18(28-13-16-9-5-3-6-10-16)19(30-22(27)17-11-7-4-8-12-17)20(21(25)26)31-23(14)29-15(2)24/h2-16,22-25,29-30H,17H2,1H3,(H,31,32);3-12,14,17-19,22,28H,13H2,1-2H3;4-13,15,19-21,24-25H,14H2,1-3H3;3-12,14,18-20,23-24H,13H2,1-2H3,(H,25,26). The fraction of sp³-hybridized carbons (Fsp3) is 0.330. The number of hydrogen-bond acceptors (Lipinski definition) is 32. The molecule has 34 nitrogen and oxygen atoms in total. The van der Waals surface area contributed by atoms with Gasteiger partial charge in [-0.05, 0) is 82.9 Å². The smallest absolute Gasteiger partial charge is 0.339 e. The molecule has 4 aliphatic rings. The first-order valence-electron chi connectivity index (χ1n) is 42.8. The maximum atomic E-state index is 13.1. The normalized spacial score (nSPS) is 24.1. The zero-order valence-electron chi connectivity index (χ0n) is 75.3. The summed E-state index contributed by atoms with van der Waals surface area (Å²) in [5, 5.41) is 50.8. The maximum Gasteiger partial charge on any atom is 0.339 e. The Labute approximate surface area is 804 Å². The number of methoxy groups -OCH3 is 2. The van der Waals surface area contributed by atoms with E-state index in [0.29, 0.717) is 5.56 Å². The molecule has 0 bridgehead atoms. The van der Waals surface area contributed by atoms with Crippen molar-refractivity contribution in [2.45, 2.75) is 176 Å². The molecule has 724 valence electrons. The molecule has 0 radical (unpaired) electrons. The Morgan fingerprint density at radius 2 is 0.504 bits per heavy atom. The Hall–Kier alpha value is -13.4. The minimum atomic E-state index is -2.15. The van der Waals surface area contributed by atoms with Crippen LogP contribution in [0.25, 0.3) is 0 Å². The predicted octanol–water partition coefficient (Wildman–Crippen LogP) is 15.1. The number of hydrogen-bond donors (Lipinski definition) is 6. The third-order valence-corrected chi connectivity index (χ3v) is 21.7. The first kappa shape index (κ1) is 106. The molecule has 4 fully saturated rings. The zero-order valence-corrected chi connectivity index (χ0v) is 77.6. The molecule has 4 aliphatic heterocycles. The van der Waals surface area contributed by atoms with Gasteiger partial charge in [-0.3, -0.25) is 21.6 Å². The number of esters is 7. The number of alkyl halides is 3. The number of ether oxygens (including phenoxy) is 19. The Morgan fingerprint density at radius 1 is 0.285 bits per heavy atom. The van der Waals surface area contributed by atoms with Crippen molar-refractivity contribution in [3.63, 3.8) is 0 Å². The van der Waals surface area contributed by atoms with Gasteiger partial charge in [-0.15, -0.1) is 0 Å². The highest BCUT2D eigenvalue weighted by Gasteiger charge is 2.58. The maximum absolute atomic E-state index is 13.1. The minimum Gasteiger partial charge on any atom is -0.479 e. The summed E-state index contributed by atoms with van der Waals surface area (Å²) in [5.41, 5.74) is 4.67. The highest BCUT2D eigenvalue weighted by molar-refractivity contribution is 6.76. The highest BCUT2D eigenvalue weighted by atomic mass is 35.6. The van der Waals surface area contributed by atoms with E-state index in [1.807, 2.05) is 97.1 Å². The van der Waals surface area contributed by atoms with E-state index in [4.69, 9.17) is 146 Å². The number of carbonyl (C=O) groups is 9. The highest BCUT2D eigenvalue weighted by Crippen LogP contribution is 2.40. The molecule has 4 heterocycles. The second kappa shape index (κ2) is 52.1. The van der Waals surface area contributed by atoms with Gasteiger partial charge >= 0.3 is 53.7 Å².